The van der Waals surface area contributed by atoms with Crippen LogP contribution in [0.1, 0.15) is 47.9 Å². The van der Waals surface area contributed by atoms with Gasteiger partial charge in [0.25, 0.3) is 0 Å². The van der Waals surface area contributed by atoms with E-state index in [0.717, 1.165) is 49.2 Å². The zero-order valence-electron chi connectivity index (χ0n) is 20.6. The van der Waals surface area contributed by atoms with E-state index in [9.17, 15) is 13.2 Å². The maximum absolute atomic E-state index is 13.3. The lowest BCUT2D eigenvalue weighted by Gasteiger charge is -2.35. The summed E-state index contributed by atoms with van der Waals surface area (Å²) in [5.74, 6) is -0.0322. The van der Waals surface area contributed by atoms with Crippen LogP contribution < -0.4 is 5.32 Å². The number of hydrogen-bond donors (Lipinski definition) is 1. The van der Waals surface area contributed by atoms with E-state index in [1.54, 1.807) is 4.31 Å². The molecule has 2 aromatic rings. The molecule has 184 valence electrons. The van der Waals surface area contributed by atoms with Crippen LogP contribution in [0.2, 0.25) is 0 Å². The van der Waals surface area contributed by atoms with E-state index in [4.69, 9.17) is 0 Å². The van der Waals surface area contributed by atoms with Crippen LogP contribution in [0, 0.1) is 26.7 Å². The van der Waals surface area contributed by atoms with Crippen LogP contribution in [-0.4, -0.2) is 55.8 Å². The zero-order valence-corrected chi connectivity index (χ0v) is 21.4. The van der Waals surface area contributed by atoms with E-state index < -0.39 is 10.0 Å². The number of rotatable bonds is 6. The molecule has 6 nitrogen and oxygen atoms in total. The second-order valence-corrected chi connectivity index (χ2v) is 11.8. The molecule has 2 fully saturated rings. The number of nitrogens with zero attached hydrogens (tertiary/aromatic N) is 2. The summed E-state index contributed by atoms with van der Waals surface area (Å²) in [5, 5.41) is 3.25. The van der Waals surface area contributed by atoms with Crippen LogP contribution in [0.25, 0.3) is 0 Å². The first kappa shape index (κ1) is 24.9. The predicted octanol–water partition coefficient (Wildman–Crippen LogP) is 3.79. The lowest BCUT2D eigenvalue weighted by Crippen LogP contribution is -2.48. The molecule has 0 bridgehead atoms. The highest BCUT2D eigenvalue weighted by molar-refractivity contribution is 7.89. The van der Waals surface area contributed by atoms with Crippen LogP contribution in [0.4, 0.5) is 0 Å². The van der Waals surface area contributed by atoms with Crippen molar-refractivity contribution in [3.63, 3.8) is 0 Å². The molecule has 0 spiro atoms. The first-order valence-electron chi connectivity index (χ1n) is 12.4. The predicted molar refractivity (Wildman–Crippen MR) is 135 cm³/mol. The number of nitrogens with one attached hydrogen (secondary N) is 1. The minimum Gasteiger partial charge on any atom is -0.353 e. The molecule has 34 heavy (non-hydrogen) atoms. The van der Waals surface area contributed by atoms with Gasteiger partial charge in [0.15, 0.2) is 0 Å². The number of carbonyl (C=O) groups is 1. The fourth-order valence-electron chi connectivity index (χ4n) is 5.46. The highest BCUT2D eigenvalue weighted by Crippen LogP contribution is 2.29. The molecule has 2 aromatic carbocycles. The smallest absolute Gasteiger partial charge is 0.243 e. The summed E-state index contributed by atoms with van der Waals surface area (Å²) in [6, 6.07) is 14.5. The Morgan fingerprint density at radius 1 is 0.912 bits per heavy atom. The van der Waals surface area contributed by atoms with Crippen molar-refractivity contribution in [2.45, 2.75) is 63.9 Å². The quantitative estimate of drug-likeness (QED) is 0.679. The van der Waals surface area contributed by atoms with Gasteiger partial charge in [-0.1, -0.05) is 48.0 Å². The molecule has 0 aliphatic carbocycles. The Labute approximate surface area is 204 Å². The van der Waals surface area contributed by atoms with Gasteiger partial charge in [0.2, 0.25) is 15.9 Å². The van der Waals surface area contributed by atoms with Gasteiger partial charge in [-0.05, 0) is 63.1 Å². The minimum atomic E-state index is -3.55. The van der Waals surface area contributed by atoms with Gasteiger partial charge in [0.1, 0.15) is 0 Å². The molecule has 0 aromatic heterocycles. The minimum absolute atomic E-state index is 0.0845. The molecule has 2 saturated heterocycles. The largest absolute Gasteiger partial charge is 0.353 e. The molecule has 0 saturated carbocycles. The van der Waals surface area contributed by atoms with Crippen LogP contribution in [0.15, 0.2) is 47.4 Å². The van der Waals surface area contributed by atoms with Crippen molar-refractivity contribution in [1.82, 2.24) is 14.5 Å². The number of hydrogen-bond acceptors (Lipinski definition) is 4. The Morgan fingerprint density at radius 2 is 1.50 bits per heavy atom. The molecule has 2 aliphatic heterocycles. The van der Waals surface area contributed by atoms with E-state index in [1.807, 2.05) is 39.0 Å². The number of amides is 1. The van der Waals surface area contributed by atoms with Crippen molar-refractivity contribution in [3.05, 3.63) is 64.7 Å². The fourth-order valence-corrected chi connectivity index (χ4v) is 7.34. The van der Waals surface area contributed by atoms with Crippen molar-refractivity contribution in [2.75, 3.05) is 26.2 Å². The van der Waals surface area contributed by atoms with Crippen molar-refractivity contribution in [2.24, 2.45) is 5.92 Å². The molecule has 7 heteroatoms. The third-order valence-electron chi connectivity index (χ3n) is 7.21. The van der Waals surface area contributed by atoms with Gasteiger partial charge in [0, 0.05) is 44.7 Å². The Hall–Kier alpha value is -2.22. The summed E-state index contributed by atoms with van der Waals surface area (Å²) in [5.41, 5.74) is 3.96. The summed E-state index contributed by atoms with van der Waals surface area (Å²) in [6.07, 6.45) is 3.05. The van der Waals surface area contributed by atoms with Crippen molar-refractivity contribution in [3.8, 4) is 0 Å². The third-order valence-corrected chi connectivity index (χ3v) is 9.42. The second-order valence-electron chi connectivity index (χ2n) is 9.95. The highest BCUT2D eigenvalue weighted by atomic mass is 32.2. The highest BCUT2D eigenvalue weighted by Gasteiger charge is 2.34. The number of aryl methyl sites for hydroxylation is 3. The summed E-state index contributed by atoms with van der Waals surface area (Å²) in [6.45, 7) is 9.39. The van der Waals surface area contributed by atoms with Gasteiger partial charge in [-0.2, -0.15) is 4.31 Å². The molecule has 2 heterocycles. The standard InChI is InChI=1S/C27H37N3O3S/c1-20-17-21(2)26(22(3)18-20)34(32,33)30-15-9-24(10-16-30)27(31)28-25-11-13-29(14-12-25)19-23-7-5-4-6-8-23/h4-8,17-18,24-25H,9-16,19H2,1-3H3,(H,28,31). The molecular formula is C27H37N3O3S. The number of sulfonamides is 1. The van der Waals surface area contributed by atoms with Crippen molar-refractivity contribution in [1.29, 1.82) is 0 Å². The summed E-state index contributed by atoms with van der Waals surface area (Å²) in [7, 11) is -3.55. The van der Waals surface area contributed by atoms with Gasteiger partial charge in [0.05, 0.1) is 4.90 Å². The third kappa shape index (κ3) is 5.70. The molecule has 0 atom stereocenters. The molecule has 4 rings (SSSR count). The Balaban J connectivity index is 1.26. The van der Waals surface area contributed by atoms with E-state index in [2.05, 4.69) is 34.5 Å². The number of carbonyl (C=O) groups excluding carboxylic acids is 1. The topological polar surface area (TPSA) is 69.7 Å². The van der Waals surface area contributed by atoms with Crippen LogP contribution in [0.5, 0.6) is 0 Å². The maximum Gasteiger partial charge on any atom is 0.243 e. The number of likely N-dealkylation sites (tertiary alicyclic amines) is 1. The van der Waals surface area contributed by atoms with Gasteiger partial charge in [-0.15, -0.1) is 0 Å². The van der Waals surface area contributed by atoms with Crippen molar-refractivity contribution < 1.29 is 13.2 Å². The van der Waals surface area contributed by atoms with E-state index in [0.29, 0.717) is 30.8 Å². The van der Waals surface area contributed by atoms with Crippen molar-refractivity contribution >= 4 is 15.9 Å². The van der Waals surface area contributed by atoms with E-state index in [-0.39, 0.29) is 17.9 Å². The van der Waals surface area contributed by atoms with Crippen LogP contribution >= 0.6 is 0 Å². The Kier molecular flexibility index (Phi) is 7.75. The number of piperidine rings is 2. The summed E-state index contributed by atoms with van der Waals surface area (Å²) < 4.78 is 28.2. The van der Waals surface area contributed by atoms with Crippen LogP contribution in [0.3, 0.4) is 0 Å². The molecule has 0 unspecified atom stereocenters. The molecule has 2 aliphatic rings. The van der Waals surface area contributed by atoms with E-state index >= 15 is 0 Å². The number of benzene rings is 2. The van der Waals surface area contributed by atoms with Gasteiger partial charge in [-0.25, -0.2) is 8.42 Å². The fraction of sp³-hybridized carbons (Fsp3) is 0.519. The van der Waals surface area contributed by atoms with Gasteiger partial charge >= 0.3 is 0 Å². The van der Waals surface area contributed by atoms with Gasteiger partial charge < -0.3 is 5.32 Å². The van der Waals surface area contributed by atoms with E-state index in [1.165, 1.54) is 5.56 Å². The lowest BCUT2D eigenvalue weighted by atomic mass is 9.95. The summed E-state index contributed by atoms with van der Waals surface area (Å²) in [4.78, 5) is 15.8. The first-order valence-corrected chi connectivity index (χ1v) is 13.8. The summed E-state index contributed by atoms with van der Waals surface area (Å²) >= 11 is 0. The molecule has 0 radical (unpaired) electrons. The van der Waals surface area contributed by atoms with Crippen LogP contribution in [-0.2, 0) is 21.4 Å². The second kappa shape index (κ2) is 10.6. The molecular weight excluding hydrogens is 446 g/mol. The van der Waals surface area contributed by atoms with Gasteiger partial charge in [-0.3, -0.25) is 9.69 Å². The average molecular weight is 484 g/mol. The Bertz CT molecular complexity index is 1080. The maximum atomic E-state index is 13.3. The molecule has 1 amide bonds. The molecule has 1 N–H and O–H groups in total. The Morgan fingerprint density at radius 3 is 2.09 bits per heavy atom. The average Bonchev–Trinajstić information content (AvgIpc) is 2.80. The monoisotopic (exact) mass is 483 g/mol. The SMILES string of the molecule is Cc1cc(C)c(S(=O)(=O)N2CCC(C(=O)NC3CCN(Cc4ccccc4)CC3)CC2)c(C)c1. The lowest BCUT2D eigenvalue weighted by molar-refractivity contribution is -0.127. The first-order chi connectivity index (χ1) is 16.2. The normalized spacial score (nSPS) is 19.3. The zero-order chi connectivity index (χ0) is 24.3.